The van der Waals surface area contributed by atoms with Crippen molar-refractivity contribution < 1.29 is 14.9 Å². The van der Waals surface area contributed by atoms with E-state index in [9.17, 15) is 0 Å². The number of halogens is 1. The van der Waals surface area contributed by atoms with Crippen LogP contribution in [0, 0.1) is 0 Å². The Morgan fingerprint density at radius 2 is 1.14 bits per heavy atom. The summed E-state index contributed by atoms with van der Waals surface area (Å²) in [5, 5.41) is 18.3. The fraction of sp³-hybridized carbons (Fsp3) is 0.294. The lowest BCUT2D eigenvalue weighted by Crippen LogP contribution is -1.88. The van der Waals surface area contributed by atoms with Gasteiger partial charge in [-0.1, -0.05) is 64.5 Å². The number of rotatable bonds is 5. The molecule has 0 unspecified atom stereocenters. The zero-order chi connectivity index (χ0) is 15.5. The summed E-state index contributed by atoms with van der Waals surface area (Å²) in [6, 6.07) is 15.6. The number of aliphatic hydroxyl groups excluding tert-OH is 2. The summed E-state index contributed by atoms with van der Waals surface area (Å²) in [5.74, 6) is 0. The van der Waals surface area contributed by atoms with Gasteiger partial charge in [-0.3, -0.25) is 0 Å². The molecule has 0 aliphatic rings. The van der Waals surface area contributed by atoms with E-state index in [0.717, 1.165) is 22.0 Å². The monoisotopic (exact) mass is 352 g/mol. The van der Waals surface area contributed by atoms with Gasteiger partial charge in [-0.15, -0.1) is 0 Å². The van der Waals surface area contributed by atoms with Gasteiger partial charge in [0, 0.05) is 12.4 Å². The van der Waals surface area contributed by atoms with E-state index >= 15 is 0 Å². The Hall–Kier alpha value is -1.20. The lowest BCUT2D eigenvalue weighted by atomic mass is 10.1. The minimum absolute atomic E-state index is 0.104. The van der Waals surface area contributed by atoms with Crippen LogP contribution in [-0.2, 0) is 29.9 Å². The zero-order valence-corrected chi connectivity index (χ0v) is 13.7. The van der Waals surface area contributed by atoms with Gasteiger partial charge in [0.15, 0.2) is 0 Å². The fourth-order valence-electron chi connectivity index (χ4n) is 1.64. The van der Waals surface area contributed by atoms with Crippen LogP contribution < -0.4 is 0 Å². The van der Waals surface area contributed by atoms with Crippen molar-refractivity contribution in [1.82, 2.24) is 0 Å². The van der Waals surface area contributed by atoms with E-state index in [1.165, 1.54) is 5.56 Å². The lowest BCUT2D eigenvalue weighted by Gasteiger charge is -1.99. The van der Waals surface area contributed by atoms with Gasteiger partial charge in [0.2, 0.25) is 0 Å². The van der Waals surface area contributed by atoms with E-state index < -0.39 is 0 Å². The van der Waals surface area contributed by atoms with Crippen molar-refractivity contribution in [2.75, 3.05) is 7.11 Å². The van der Waals surface area contributed by atoms with Crippen LogP contribution in [0.1, 0.15) is 22.3 Å². The summed E-state index contributed by atoms with van der Waals surface area (Å²) >= 11 is 3.34. The molecular weight excluding hydrogens is 332 g/mol. The first kappa shape index (κ1) is 17.9. The van der Waals surface area contributed by atoms with Gasteiger partial charge in [-0.2, -0.15) is 0 Å². The van der Waals surface area contributed by atoms with Crippen LogP contribution in [0.3, 0.4) is 0 Å². The summed E-state index contributed by atoms with van der Waals surface area (Å²) in [6.45, 7) is 0.863. The van der Waals surface area contributed by atoms with Crippen LogP contribution in [0.4, 0.5) is 0 Å². The van der Waals surface area contributed by atoms with E-state index in [1.54, 1.807) is 7.11 Å². The summed E-state index contributed by atoms with van der Waals surface area (Å²) in [5.41, 5.74) is 4.26. The molecule has 4 heteroatoms. The Morgan fingerprint density at radius 3 is 1.48 bits per heavy atom. The molecule has 0 aromatic heterocycles. The maximum absolute atomic E-state index is 8.73. The molecule has 2 aromatic rings. The number of aliphatic hydroxyl groups is 2. The molecule has 2 aromatic carbocycles. The molecule has 0 saturated heterocycles. The fourth-order valence-corrected chi connectivity index (χ4v) is 2.02. The number of benzene rings is 2. The predicted molar refractivity (Wildman–Crippen MR) is 88.1 cm³/mol. The first-order chi connectivity index (χ1) is 10.2. The van der Waals surface area contributed by atoms with E-state index in [0.29, 0.717) is 6.61 Å². The van der Waals surface area contributed by atoms with Crippen LogP contribution in [0.5, 0.6) is 0 Å². The van der Waals surface area contributed by atoms with E-state index in [-0.39, 0.29) is 13.2 Å². The van der Waals surface area contributed by atoms with Gasteiger partial charge in [-0.05, 0) is 22.3 Å². The zero-order valence-electron chi connectivity index (χ0n) is 12.1. The molecule has 0 fully saturated rings. The first-order valence-corrected chi connectivity index (χ1v) is 7.78. The molecule has 3 nitrogen and oxygen atoms in total. The second kappa shape index (κ2) is 10.5. The summed E-state index contributed by atoms with van der Waals surface area (Å²) in [6.07, 6.45) is 0. The lowest BCUT2D eigenvalue weighted by molar-refractivity contribution is 0.185. The van der Waals surface area contributed by atoms with Gasteiger partial charge < -0.3 is 14.9 Å². The SMILES string of the molecule is COCc1ccc(CO)cc1.OCc1ccc(CBr)cc1. The summed E-state index contributed by atoms with van der Waals surface area (Å²) in [7, 11) is 1.67. The van der Waals surface area contributed by atoms with Crippen molar-refractivity contribution in [2.45, 2.75) is 25.2 Å². The Kier molecular flexibility index (Phi) is 8.94. The number of hydrogen-bond acceptors (Lipinski definition) is 3. The number of methoxy groups -OCH3 is 1. The quantitative estimate of drug-likeness (QED) is 0.810. The molecule has 2 rings (SSSR count). The summed E-state index contributed by atoms with van der Waals surface area (Å²) < 4.78 is 4.94. The highest BCUT2D eigenvalue weighted by Crippen LogP contribution is 2.07. The molecule has 0 amide bonds. The van der Waals surface area contributed by atoms with Crippen LogP contribution in [0.2, 0.25) is 0 Å². The smallest absolute Gasteiger partial charge is 0.0713 e. The third-order valence-corrected chi connectivity index (χ3v) is 3.52. The molecule has 0 aliphatic heterocycles. The van der Waals surface area contributed by atoms with Crippen LogP contribution >= 0.6 is 15.9 Å². The number of hydrogen-bond donors (Lipinski definition) is 2. The molecule has 0 aliphatic carbocycles. The highest BCUT2D eigenvalue weighted by Gasteiger charge is 1.91. The maximum atomic E-state index is 8.73. The van der Waals surface area contributed by atoms with Crippen molar-refractivity contribution in [3.8, 4) is 0 Å². The predicted octanol–water partition coefficient (Wildman–Crippen LogP) is 3.40. The van der Waals surface area contributed by atoms with Crippen molar-refractivity contribution in [3.63, 3.8) is 0 Å². The largest absolute Gasteiger partial charge is 0.392 e. The van der Waals surface area contributed by atoms with Crippen molar-refractivity contribution in [1.29, 1.82) is 0 Å². The standard InChI is InChI=1S/C9H12O2.C8H9BrO/c1-11-7-9-4-2-8(6-10)3-5-9;9-5-7-1-3-8(6-10)4-2-7/h2-5,10H,6-7H2,1H3;1-4,10H,5-6H2. The van der Waals surface area contributed by atoms with Crippen LogP contribution in [0.15, 0.2) is 48.5 Å². The minimum atomic E-state index is 0.104. The number of alkyl halides is 1. The molecule has 0 atom stereocenters. The van der Waals surface area contributed by atoms with Crippen LogP contribution in [-0.4, -0.2) is 17.3 Å². The number of ether oxygens (including phenoxy) is 1. The van der Waals surface area contributed by atoms with Gasteiger partial charge in [0.1, 0.15) is 0 Å². The maximum Gasteiger partial charge on any atom is 0.0713 e. The molecule has 114 valence electrons. The Balaban J connectivity index is 0.000000211. The van der Waals surface area contributed by atoms with E-state index in [2.05, 4.69) is 15.9 Å². The average Bonchev–Trinajstić information content (AvgIpc) is 2.56. The minimum Gasteiger partial charge on any atom is -0.392 e. The average molecular weight is 353 g/mol. The van der Waals surface area contributed by atoms with E-state index in [1.807, 2.05) is 48.5 Å². The van der Waals surface area contributed by atoms with Crippen molar-refractivity contribution in [2.24, 2.45) is 0 Å². The van der Waals surface area contributed by atoms with Crippen molar-refractivity contribution >= 4 is 15.9 Å². The highest BCUT2D eigenvalue weighted by molar-refractivity contribution is 9.08. The van der Waals surface area contributed by atoms with Gasteiger partial charge in [0.25, 0.3) is 0 Å². The molecule has 0 saturated carbocycles. The van der Waals surface area contributed by atoms with Crippen LogP contribution in [0.25, 0.3) is 0 Å². The van der Waals surface area contributed by atoms with Crippen molar-refractivity contribution in [3.05, 3.63) is 70.8 Å². The van der Waals surface area contributed by atoms with Gasteiger partial charge in [-0.25, -0.2) is 0 Å². The Morgan fingerprint density at radius 1 is 0.762 bits per heavy atom. The second-order valence-electron chi connectivity index (χ2n) is 4.52. The Labute approximate surface area is 134 Å². The molecule has 0 radical (unpaired) electrons. The Bertz CT molecular complexity index is 471. The third-order valence-electron chi connectivity index (χ3n) is 2.88. The molecule has 21 heavy (non-hydrogen) atoms. The molecule has 0 bridgehead atoms. The molecule has 0 spiro atoms. The molecule has 0 heterocycles. The van der Waals surface area contributed by atoms with E-state index in [4.69, 9.17) is 14.9 Å². The van der Waals surface area contributed by atoms with Gasteiger partial charge in [0.05, 0.1) is 19.8 Å². The second-order valence-corrected chi connectivity index (χ2v) is 5.08. The first-order valence-electron chi connectivity index (χ1n) is 6.65. The summed E-state index contributed by atoms with van der Waals surface area (Å²) in [4.78, 5) is 0. The highest BCUT2D eigenvalue weighted by atomic mass is 79.9. The normalized spacial score (nSPS) is 9.90. The third kappa shape index (κ3) is 6.87. The molecule has 2 N–H and O–H groups in total. The topological polar surface area (TPSA) is 49.7 Å². The van der Waals surface area contributed by atoms with Gasteiger partial charge >= 0.3 is 0 Å². The molecular formula is C17H21BrO3.